The molecule has 0 unspecified atom stereocenters. The molecule has 152 valence electrons. The third kappa shape index (κ3) is 4.54. The van der Waals surface area contributed by atoms with Crippen molar-refractivity contribution in [3.63, 3.8) is 0 Å². The predicted octanol–water partition coefficient (Wildman–Crippen LogP) is 3.93. The molecule has 1 N–H and O–H groups in total. The van der Waals surface area contributed by atoms with Crippen LogP contribution in [0.4, 0.5) is 0 Å². The van der Waals surface area contributed by atoms with Gasteiger partial charge in [-0.1, -0.05) is 66.4 Å². The van der Waals surface area contributed by atoms with Crippen LogP contribution >= 0.6 is 11.8 Å². The standard InChI is InChI=1S/C24H23N3O2S/c1-27-23(29)20-14-18-11-5-6-12-19(18)15-21(20)26-24(27)30-16-22(28)25-13-7-10-17-8-3-2-4-9-17/h2-6,8-9,11-12,14-15H,7,10,13,16H2,1H3,(H,25,28). The molecule has 0 aliphatic carbocycles. The summed E-state index contributed by atoms with van der Waals surface area (Å²) in [4.78, 5) is 29.6. The minimum Gasteiger partial charge on any atom is -0.355 e. The molecule has 0 saturated carbocycles. The Morgan fingerprint density at radius 3 is 2.50 bits per heavy atom. The van der Waals surface area contributed by atoms with E-state index in [2.05, 4.69) is 22.4 Å². The molecule has 0 aliphatic rings. The fraction of sp³-hybridized carbons (Fsp3) is 0.208. The maximum absolute atomic E-state index is 12.8. The van der Waals surface area contributed by atoms with Crippen molar-refractivity contribution in [1.82, 2.24) is 14.9 Å². The van der Waals surface area contributed by atoms with Gasteiger partial charge in [0.2, 0.25) is 5.91 Å². The zero-order valence-electron chi connectivity index (χ0n) is 16.8. The maximum Gasteiger partial charge on any atom is 0.261 e. The number of aromatic nitrogens is 2. The minimum absolute atomic E-state index is 0.0547. The van der Waals surface area contributed by atoms with Crippen molar-refractivity contribution in [3.05, 3.63) is 82.6 Å². The lowest BCUT2D eigenvalue weighted by molar-refractivity contribution is -0.118. The van der Waals surface area contributed by atoms with Gasteiger partial charge in [-0.3, -0.25) is 14.2 Å². The molecule has 4 rings (SSSR count). The second-order valence-electron chi connectivity index (χ2n) is 7.20. The Bertz CT molecular complexity index is 1250. The lowest BCUT2D eigenvalue weighted by Gasteiger charge is -2.10. The van der Waals surface area contributed by atoms with Crippen LogP contribution in [0.5, 0.6) is 0 Å². The second-order valence-corrected chi connectivity index (χ2v) is 8.15. The number of nitrogens with one attached hydrogen (secondary N) is 1. The summed E-state index contributed by atoms with van der Waals surface area (Å²) >= 11 is 1.28. The summed E-state index contributed by atoms with van der Waals surface area (Å²) in [6, 6.07) is 21.9. The van der Waals surface area contributed by atoms with E-state index in [0.717, 1.165) is 23.6 Å². The molecule has 5 nitrogen and oxygen atoms in total. The van der Waals surface area contributed by atoms with Gasteiger partial charge < -0.3 is 5.32 Å². The summed E-state index contributed by atoms with van der Waals surface area (Å²) in [6.07, 6.45) is 1.82. The van der Waals surface area contributed by atoms with Crippen LogP contribution < -0.4 is 10.9 Å². The second kappa shape index (κ2) is 9.13. The van der Waals surface area contributed by atoms with Crippen molar-refractivity contribution in [2.75, 3.05) is 12.3 Å². The molecule has 1 aromatic heterocycles. The Morgan fingerprint density at radius 2 is 1.73 bits per heavy atom. The summed E-state index contributed by atoms with van der Waals surface area (Å²) < 4.78 is 1.52. The average Bonchev–Trinajstić information content (AvgIpc) is 2.78. The van der Waals surface area contributed by atoms with Gasteiger partial charge in [0, 0.05) is 13.6 Å². The summed E-state index contributed by atoms with van der Waals surface area (Å²) in [6.45, 7) is 0.629. The van der Waals surface area contributed by atoms with Crippen LogP contribution in [0.15, 0.2) is 76.7 Å². The first-order chi connectivity index (χ1) is 14.6. The first-order valence-electron chi connectivity index (χ1n) is 9.95. The normalized spacial score (nSPS) is 11.1. The van der Waals surface area contributed by atoms with Crippen LogP contribution in [0, 0.1) is 0 Å². The number of fused-ring (bicyclic) bond motifs is 2. The Hall–Kier alpha value is -3.12. The Kier molecular flexibility index (Phi) is 6.14. The number of hydrogen-bond acceptors (Lipinski definition) is 4. The summed E-state index contributed by atoms with van der Waals surface area (Å²) in [5.41, 5.74) is 1.82. The van der Waals surface area contributed by atoms with E-state index in [-0.39, 0.29) is 17.2 Å². The monoisotopic (exact) mass is 417 g/mol. The van der Waals surface area contributed by atoms with E-state index in [4.69, 9.17) is 0 Å². The van der Waals surface area contributed by atoms with Crippen molar-refractivity contribution < 1.29 is 4.79 Å². The number of thioether (sulfide) groups is 1. The van der Waals surface area contributed by atoms with Gasteiger partial charge in [-0.2, -0.15) is 0 Å². The number of carbonyl (C=O) groups excluding carboxylic acids is 1. The number of hydrogen-bond donors (Lipinski definition) is 1. The minimum atomic E-state index is -0.100. The molecule has 1 heterocycles. The zero-order chi connectivity index (χ0) is 20.9. The molecular formula is C24H23N3O2S. The van der Waals surface area contributed by atoms with Crippen molar-refractivity contribution >= 4 is 39.3 Å². The van der Waals surface area contributed by atoms with Crippen molar-refractivity contribution in [2.24, 2.45) is 7.05 Å². The van der Waals surface area contributed by atoms with Crippen LogP contribution in [0.1, 0.15) is 12.0 Å². The Morgan fingerprint density at radius 1 is 1.03 bits per heavy atom. The van der Waals surface area contributed by atoms with Gasteiger partial charge in [-0.05, 0) is 41.3 Å². The topological polar surface area (TPSA) is 64.0 Å². The summed E-state index contributed by atoms with van der Waals surface area (Å²) in [5.74, 6) is 0.172. The van der Waals surface area contributed by atoms with E-state index >= 15 is 0 Å². The van der Waals surface area contributed by atoms with Gasteiger partial charge in [-0.25, -0.2) is 4.98 Å². The highest BCUT2D eigenvalue weighted by atomic mass is 32.2. The lowest BCUT2D eigenvalue weighted by atomic mass is 10.1. The van der Waals surface area contributed by atoms with Gasteiger partial charge in [0.1, 0.15) is 0 Å². The number of amides is 1. The van der Waals surface area contributed by atoms with E-state index in [1.165, 1.54) is 21.9 Å². The number of nitrogens with zero attached hydrogens (tertiary/aromatic N) is 2. The quantitative estimate of drug-likeness (QED) is 0.214. The van der Waals surface area contributed by atoms with Gasteiger partial charge in [0.05, 0.1) is 16.7 Å². The first-order valence-corrected chi connectivity index (χ1v) is 10.9. The molecule has 0 atom stereocenters. The molecule has 0 fully saturated rings. The van der Waals surface area contributed by atoms with Gasteiger partial charge in [0.25, 0.3) is 5.56 Å². The number of rotatable bonds is 7. The SMILES string of the molecule is Cn1c(SCC(=O)NCCCc2ccccc2)nc2cc3ccccc3cc2c1=O. The molecule has 0 saturated heterocycles. The molecular weight excluding hydrogens is 394 g/mol. The third-order valence-corrected chi connectivity index (χ3v) is 6.07. The molecule has 0 spiro atoms. The van der Waals surface area contributed by atoms with E-state index in [0.29, 0.717) is 22.6 Å². The highest BCUT2D eigenvalue weighted by Gasteiger charge is 2.12. The fourth-order valence-corrected chi connectivity index (χ4v) is 4.21. The number of aryl methyl sites for hydroxylation is 1. The summed E-state index contributed by atoms with van der Waals surface area (Å²) in [7, 11) is 1.70. The molecule has 0 radical (unpaired) electrons. The fourth-order valence-electron chi connectivity index (χ4n) is 3.41. The largest absolute Gasteiger partial charge is 0.355 e. The van der Waals surface area contributed by atoms with E-state index in [1.807, 2.05) is 54.6 Å². The highest BCUT2D eigenvalue weighted by molar-refractivity contribution is 7.99. The number of benzene rings is 3. The van der Waals surface area contributed by atoms with Crippen molar-refractivity contribution in [1.29, 1.82) is 0 Å². The van der Waals surface area contributed by atoms with Gasteiger partial charge in [-0.15, -0.1) is 0 Å². The molecule has 30 heavy (non-hydrogen) atoms. The van der Waals surface area contributed by atoms with Gasteiger partial charge >= 0.3 is 0 Å². The van der Waals surface area contributed by atoms with Crippen LogP contribution in [-0.4, -0.2) is 27.8 Å². The molecule has 6 heteroatoms. The van der Waals surface area contributed by atoms with Gasteiger partial charge in [0.15, 0.2) is 5.16 Å². The van der Waals surface area contributed by atoms with Crippen LogP contribution in [-0.2, 0) is 18.3 Å². The molecule has 4 aromatic rings. The molecule has 0 aliphatic heterocycles. The molecule has 0 bridgehead atoms. The zero-order valence-corrected chi connectivity index (χ0v) is 17.6. The summed E-state index contributed by atoms with van der Waals surface area (Å²) in [5, 5.41) is 6.13. The van der Waals surface area contributed by atoms with Crippen molar-refractivity contribution in [2.45, 2.75) is 18.0 Å². The lowest BCUT2D eigenvalue weighted by Crippen LogP contribution is -2.27. The van der Waals surface area contributed by atoms with Crippen LogP contribution in [0.3, 0.4) is 0 Å². The third-order valence-electron chi connectivity index (χ3n) is 5.04. The molecule has 1 amide bonds. The Balaban J connectivity index is 1.39. The van der Waals surface area contributed by atoms with E-state index in [1.54, 1.807) is 7.05 Å². The molecule has 3 aromatic carbocycles. The predicted molar refractivity (Wildman–Crippen MR) is 123 cm³/mol. The van der Waals surface area contributed by atoms with E-state index in [9.17, 15) is 9.59 Å². The smallest absolute Gasteiger partial charge is 0.261 e. The van der Waals surface area contributed by atoms with Crippen molar-refractivity contribution in [3.8, 4) is 0 Å². The first kappa shape index (κ1) is 20.2. The average molecular weight is 418 g/mol. The van der Waals surface area contributed by atoms with E-state index < -0.39 is 0 Å². The van der Waals surface area contributed by atoms with Crippen LogP contribution in [0.2, 0.25) is 0 Å². The maximum atomic E-state index is 12.8. The number of carbonyl (C=O) groups is 1. The van der Waals surface area contributed by atoms with Crippen LogP contribution in [0.25, 0.3) is 21.7 Å². The Labute approximate surface area is 179 Å². The highest BCUT2D eigenvalue weighted by Crippen LogP contribution is 2.22.